The number of aromatic amines is 2. The van der Waals surface area contributed by atoms with Crippen molar-refractivity contribution in [3.63, 3.8) is 0 Å². The first-order valence-electron chi connectivity index (χ1n) is 27.0. The summed E-state index contributed by atoms with van der Waals surface area (Å²) in [5, 5.41) is 59.8. The molecule has 10 unspecified atom stereocenters. The van der Waals surface area contributed by atoms with Crippen LogP contribution in [0.5, 0.6) is 0 Å². The lowest BCUT2D eigenvalue weighted by atomic mass is 9.99. The van der Waals surface area contributed by atoms with Crippen molar-refractivity contribution in [2.45, 2.75) is 160 Å². The first-order chi connectivity index (χ1) is 39.0. The lowest BCUT2D eigenvalue weighted by Gasteiger charge is -2.28. The minimum atomic E-state index is -1.87. The molecular formula is C55H76N12O16. The molecule has 9 amide bonds. The van der Waals surface area contributed by atoms with Crippen LogP contribution in [0.15, 0.2) is 60.9 Å². The molecule has 0 radical (unpaired) electrons. The van der Waals surface area contributed by atoms with Crippen molar-refractivity contribution in [3.8, 4) is 0 Å². The van der Waals surface area contributed by atoms with Gasteiger partial charge in [0.15, 0.2) is 0 Å². The van der Waals surface area contributed by atoms with Crippen LogP contribution in [0.25, 0.3) is 21.8 Å². The van der Waals surface area contributed by atoms with Gasteiger partial charge in [-0.05, 0) is 74.6 Å². The zero-order valence-corrected chi connectivity index (χ0v) is 46.9. The van der Waals surface area contributed by atoms with Gasteiger partial charge in [-0.25, -0.2) is 4.79 Å². The van der Waals surface area contributed by atoms with Gasteiger partial charge in [-0.3, -0.25) is 52.7 Å². The highest BCUT2D eigenvalue weighted by Crippen LogP contribution is 2.22. The molecule has 0 spiro atoms. The fourth-order valence-electron chi connectivity index (χ4n) is 8.93. The van der Waals surface area contributed by atoms with Crippen LogP contribution >= 0.6 is 0 Å². The number of carbonyl (C=O) groups excluding carboxylic acids is 9. The average molecular weight is 1160 g/mol. The molecule has 4 aromatic rings. The number of carbonyl (C=O) groups is 12. The highest BCUT2D eigenvalue weighted by Gasteiger charge is 2.37. The van der Waals surface area contributed by atoms with Crippen LogP contribution < -0.4 is 54.0 Å². The Bertz CT molecular complexity index is 2990. The fourth-order valence-corrected chi connectivity index (χ4v) is 8.93. The monoisotopic (exact) mass is 1160 g/mol. The third kappa shape index (κ3) is 20.8. The Balaban J connectivity index is 1.63. The number of aliphatic hydroxyl groups excluding tert-OH is 1. The molecule has 0 fully saturated rings. The van der Waals surface area contributed by atoms with E-state index in [4.69, 9.17) is 16.6 Å². The maximum absolute atomic E-state index is 14.6. The zero-order chi connectivity index (χ0) is 61.8. The van der Waals surface area contributed by atoms with Crippen LogP contribution in [0.4, 0.5) is 0 Å². The molecule has 10 atom stereocenters. The number of amides is 9. The molecule has 28 nitrogen and oxygen atoms in total. The summed E-state index contributed by atoms with van der Waals surface area (Å²) < 4.78 is 0. The summed E-state index contributed by atoms with van der Waals surface area (Å²) in [4.78, 5) is 165. The number of aliphatic hydroxyl groups is 1. The van der Waals surface area contributed by atoms with Crippen molar-refractivity contribution in [3.05, 3.63) is 72.1 Å². The van der Waals surface area contributed by atoms with Crippen LogP contribution in [0, 0.1) is 11.8 Å². The van der Waals surface area contributed by atoms with Gasteiger partial charge in [0.1, 0.15) is 48.3 Å². The minimum absolute atomic E-state index is 0.0199. The van der Waals surface area contributed by atoms with E-state index in [-0.39, 0.29) is 37.5 Å². The predicted molar refractivity (Wildman–Crippen MR) is 299 cm³/mol. The maximum atomic E-state index is 14.6. The number of carboxylic acids is 3. The number of aliphatic carboxylic acids is 3. The number of hydrogen-bond donors (Lipinski definition) is 16. The van der Waals surface area contributed by atoms with Gasteiger partial charge < -0.3 is 84.4 Å². The Morgan fingerprint density at radius 2 is 0.916 bits per heavy atom. The number of aromatic nitrogens is 2. The fraction of sp³-hybridized carbons (Fsp3) is 0.491. The van der Waals surface area contributed by atoms with Crippen molar-refractivity contribution < 1.29 is 78.0 Å². The van der Waals surface area contributed by atoms with Gasteiger partial charge in [-0.15, -0.1) is 0 Å². The normalized spacial score (nSPS) is 15.0. The molecule has 18 N–H and O–H groups in total. The minimum Gasteiger partial charge on any atom is -0.481 e. The second kappa shape index (κ2) is 31.3. The van der Waals surface area contributed by atoms with E-state index in [0.717, 1.165) is 6.92 Å². The van der Waals surface area contributed by atoms with Crippen LogP contribution in [-0.2, 0) is 70.4 Å². The number of fused-ring (bicyclic) bond motifs is 2. The number of hydrogen-bond acceptors (Lipinski definition) is 14. The first kappa shape index (κ1) is 66.6. The van der Waals surface area contributed by atoms with E-state index < -0.39 is 164 Å². The average Bonchev–Trinajstić information content (AvgIpc) is 4.14. The quantitative estimate of drug-likeness (QED) is 0.0262. The molecule has 2 heterocycles. The van der Waals surface area contributed by atoms with Crippen LogP contribution in [0.2, 0.25) is 0 Å². The van der Waals surface area contributed by atoms with Gasteiger partial charge in [0, 0.05) is 59.9 Å². The van der Waals surface area contributed by atoms with Crippen LogP contribution in [0.3, 0.4) is 0 Å². The number of para-hydroxylation sites is 2. The molecule has 2 aromatic carbocycles. The number of benzene rings is 2. The smallest absolute Gasteiger partial charge is 0.326 e. The third-order valence-corrected chi connectivity index (χ3v) is 13.3. The summed E-state index contributed by atoms with van der Waals surface area (Å²) in [7, 11) is 0. The van der Waals surface area contributed by atoms with Gasteiger partial charge >= 0.3 is 17.9 Å². The molecule has 2 aromatic heterocycles. The summed E-state index contributed by atoms with van der Waals surface area (Å²) in [5.41, 5.74) is 13.9. The molecule has 0 saturated heterocycles. The van der Waals surface area contributed by atoms with Gasteiger partial charge in [-0.2, -0.15) is 0 Å². The molecule has 452 valence electrons. The van der Waals surface area contributed by atoms with E-state index in [9.17, 15) is 72.9 Å². The number of nitrogens with two attached hydrogens (primary N) is 2. The van der Waals surface area contributed by atoms with E-state index in [1.807, 2.05) is 13.8 Å². The molecular weight excluding hydrogens is 1080 g/mol. The lowest BCUT2D eigenvalue weighted by Crippen LogP contribution is -2.61. The van der Waals surface area contributed by atoms with Gasteiger partial charge in [0.2, 0.25) is 53.2 Å². The molecule has 28 heteroatoms. The lowest BCUT2D eigenvalue weighted by molar-refractivity contribution is -0.144. The Hall–Kier alpha value is -8.92. The van der Waals surface area contributed by atoms with E-state index >= 15 is 0 Å². The summed E-state index contributed by atoms with van der Waals surface area (Å²) in [6.45, 7) is 9.45. The van der Waals surface area contributed by atoms with Crippen molar-refractivity contribution >= 4 is 92.9 Å². The first-order valence-corrected chi connectivity index (χ1v) is 27.0. The van der Waals surface area contributed by atoms with E-state index in [0.29, 0.717) is 32.9 Å². The molecule has 0 aliphatic carbocycles. The molecule has 0 aliphatic rings. The zero-order valence-electron chi connectivity index (χ0n) is 46.9. The Morgan fingerprint density at radius 3 is 1.41 bits per heavy atom. The SMILES string of the molecule is CC(C)CC(N)C(=O)NC(CC(=O)O)C(=O)NC(Cc1c[nH]c2ccccc12)C(=O)NC(C)C(=O)NC(Cc1c[nH]c2ccccc12)C(=O)NC(CC(C)C)C(=O)NC(CCC(N)=O)C(=O)NC(C(=O)NC(CCC(=O)O)C(=O)O)C(C)O. The van der Waals surface area contributed by atoms with E-state index in [1.54, 1.807) is 74.8 Å². The van der Waals surface area contributed by atoms with E-state index in [1.165, 1.54) is 6.92 Å². The van der Waals surface area contributed by atoms with Gasteiger partial charge in [0.05, 0.1) is 18.6 Å². The van der Waals surface area contributed by atoms with Crippen molar-refractivity contribution in [1.82, 2.24) is 52.5 Å². The number of primary amides is 1. The molecule has 4 rings (SSSR count). The van der Waals surface area contributed by atoms with Crippen molar-refractivity contribution in [1.29, 1.82) is 0 Å². The summed E-state index contributed by atoms with van der Waals surface area (Å²) in [6.07, 6.45) is -1.79. The standard InChI is InChI=1S/C55H76N12O16/c1-26(2)19-34(56)48(75)64-42(23-45(72)73)53(80)66-40(21-30-24-58-35-13-9-7-11-32(30)35)50(77)60-28(5)47(74)63-41(22-31-25-59-36-14-10-8-12-33(31)36)52(79)65-39(20-27(3)4)51(78)61-37(15-17-43(57)69)49(76)67-46(29(6)68)54(81)62-38(55(82)83)16-18-44(70)71/h7-14,24-29,34,37-42,46,58-59,68H,15-23,56H2,1-6H3,(H2,57,69)(H,60,77)(H,61,78)(H,62,81)(H,63,74)(H,64,75)(H,65,79)(H,66,80)(H,67,76)(H,70,71)(H,72,73)(H,82,83). The number of nitrogens with one attached hydrogen (secondary N) is 10. The Kier molecular flexibility index (Phi) is 25.1. The number of H-pyrrole nitrogens is 2. The Labute approximate surface area is 477 Å². The highest BCUT2D eigenvalue weighted by molar-refractivity contribution is 5.99. The topological polar surface area (TPSA) is 466 Å². The van der Waals surface area contributed by atoms with Crippen LogP contribution in [-0.4, -0.2) is 162 Å². The largest absolute Gasteiger partial charge is 0.481 e. The third-order valence-electron chi connectivity index (χ3n) is 13.3. The second-order valence-corrected chi connectivity index (χ2v) is 21.2. The summed E-state index contributed by atoms with van der Waals surface area (Å²) in [6, 6.07) is 0.125. The second-order valence-electron chi connectivity index (χ2n) is 21.2. The van der Waals surface area contributed by atoms with Crippen LogP contribution in [0.1, 0.15) is 97.6 Å². The van der Waals surface area contributed by atoms with Gasteiger partial charge in [-0.1, -0.05) is 64.1 Å². The van der Waals surface area contributed by atoms with Crippen molar-refractivity contribution in [2.75, 3.05) is 0 Å². The van der Waals surface area contributed by atoms with Gasteiger partial charge in [0.25, 0.3) is 0 Å². The van der Waals surface area contributed by atoms with E-state index in [2.05, 4.69) is 52.5 Å². The molecule has 0 saturated carbocycles. The molecule has 0 aliphatic heterocycles. The highest BCUT2D eigenvalue weighted by atomic mass is 16.4. The predicted octanol–water partition coefficient (Wildman–Crippen LogP) is -1.18. The maximum Gasteiger partial charge on any atom is 0.326 e. The summed E-state index contributed by atoms with van der Waals surface area (Å²) >= 11 is 0. The molecule has 0 bridgehead atoms. The number of carboxylic acid groups (broad SMARTS) is 3. The Morgan fingerprint density at radius 1 is 0.482 bits per heavy atom. The number of rotatable bonds is 34. The van der Waals surface area contributed by atoms with Crippen molar-refractivity contribution in [2.24, 2.45) is 23.3 Å². The summed E-state index contributed by atoms with van der Waals surface area (Å²) in [5.74, 6) is -13.6. The molecule has 83 heavy (non-hydrogen) atoms.